The molecule has 0 spiro atoms. The SMILES string of the molecule is CCCCNC(=O)CN(c1ccc(Cl)cc1C)S(=O)(=O)c1ccc(C)cc1. The summed E-state index contributed by atoms with van der Waals surface area (Å²) in [5.41, 5.74) is 2.07. The van der Waals surface area contributed by atoms with Crippen LogP contribution in [-0.2, 0) is 14.8 Å². The lowest BCUT2D eigenvalue weighted by Crippen LogP contribution is -2.41. The number of carbonyl (C=O) groups is 1. The van der Waals surface area contributed by atoms with Gasteiger partial charge in [0.2, 0.25) is 5.91 Å². The molecular formula is C20H25ClN2O3S. The van der Waals surface area contributed by atoms with Crippen molar-refractivity contribution in [1.82, 2.24) is 5.32 Å². The molecule has 1 N–H and O–H groups in total. The lowest BCUT2D eigenvalue weighted by molar-refractivity contribution is -0.119. The molecule has 7 heteroatoms. The first-order valence-corrected chi connectivity index (χ1v) is 10.7. The van der Waals surface area contributed by atoms with Crippen LogP contribution in [0.5, 0.6) is 0 Å². The number of aryl methyl sites for hydroxylation is 2. The van der Waals surface area contributed by atoms with Gasteiger partial charge in [0.05, 0.1) is 10.6 Å². The highest BCUT2D eigenvalue weighted by molar-refractivity contribution is 7.92. The lowest BCUT2D eigenvalue weighted by Gasteiger charge is -2.25. The number of unbranched alkanes of at least 4 members (excludes halogenated alkanes) is 1. The van der Waals surface area contributed by atoms with Crippen LogP contribution in [0.2, 0.25) is 5.02 Å². The van der Waals surface area contributed by atoms with E-state index in [-0.39, 0.29) is 17.3 Å². The number of rotatable bonds is 8. The van der Waals surface area contributed by atoms with Gasteiger partial charge in [-0.3, -0.25) is 9.10 Å². The van der Waals surface area contributed by atoms with Crippen molar-refractivity contribution in [3.8, 4) is 0 Å². The second kappa shape index (κ2) is 9.24. The van der Waals surface area contributed by atoms with Gasteiger partial charge >= 0.3 is 0 Å². The van der Waals surface area contributed by atoms with Gasteiger partial charge in [0, 0.05) is 11.6 Å². The summed E-state index contributed by atoms with van der Waals surface area (Å²) in [6.45, 7) is 5.92. The van der Waals surface area contributed by atoms with Crippen LogP contribution >= 0.6 is 11.6 Å². The maximum atomic E-state index is 13.3. The van der Waals surface area contributed by atoms with Crippen LogP contribution in [-0.4, -0.2) is 27.4 Å². The Kier molecular flexibility index (Phi) is 7.27. The molecule has 0 aliphatic carbocycles. The van der Waals surface area contributed by atoms with E-state index in [1.165, 1.54) is 0 Å². The van der Waals surface area contributed by atoms with Crippen LogP contribution in [0.4, 0.5) is 5.69 Å². The van der Waals surface area contributed by atoms with E-state index in [0.29, 0.717) is 22.8 Å². The van der Waals surface area contributed by atoms with Crippen molar-refractivity contribution in [2.45, 2.75) is 38.5 Å². The van der Waals surface area contributed by atoms with Crippen molar-refractivity contribution >= 4 is 33.2 Å². The van der Waals surface area contributed by atoms with E-state index in [2.05, 4.69) is 5.32 Å². The van der Waals surface area contributed by atoms with E-state index >= 15 is 0 Å². The van der Waals surface area contributed by atoms with Gasteiger partial charge in [0.15, 0.2) is 0 Å². The van der Waals surface area contributed by atoms with Crippen LogP contribution in [0, 0.1) is 13.8 Å². The van der Waals surface area contributed by atoms with E-state index in [4.69, 9.17) is 11.6 Å². The average Bonchev–Trinajstić information content (AvgIpc) is 2.61. The standard InChI is InChI=1S/C20H25ClN2O3S/c1-4-5-12-22-20(24)14-23(19-11-8-17(21)13-16(19)3)27(25,26)18-9-6-15(2)7-10-18/h6-11,13H,4-5,12,14H2,1-3H3,(H,22,24). The molecule has 0 radical (unpaired) electrons. The second-order valence-corrected chi connectivity index (χ2v) is 8.76. The summed E-state index contributed by atoms with van der Waals surface area (Å²) >= 11 is 6.01. The summed E-state index contributed by atoms with van der Waals surface area (Å²) in [6, 6.07) is 11.5. The Balaban J connectivity index is 2.42. The van der Waals surface area contributed by atoms with Crippen LogP contribution in [0.25, 0.3) is 0 Å². The summed E-state index contributed by atoms with van der Waals surface area (Å²) in [5.74, 6) is -0.339. The highest BCUT2D eigenvalue weighted by Crippen LogP contribution is 2.28. The molecular weight excluding hydrogens is 384 g/mol. The minimum absolute atomic E-state index is 0.142. The van der Waals surface area contributed by atoms with Gasteiger partial charge in [0.25, 0.3) is 10.0 Å². The van der Waals surface area contributed by atoms with E-state index < -0.39 is 10.0 Å². The highest BCUT2D eigenvalue weighted by atomic mass is 35.5. The normalized spacial score (nSPS) is 11.3. The molecule has 0 saturated heterocycles. The van der Waals surface area contributed by atoms with E-state index in [1.807, 2.05) is 13.8 Å². The Morgan fingerprint density at radius 1 is 1.11 bits per heavy atom. The topological polar surface area (TPSA) is 66.5 Å². The summed E-state index contributed by atoms with van der Waals surface area (Å²) in [7, 11) is -3.90. The summed E-state index contributed by atoms with van der Waals surface area (Å²) in [6.07, 6.45) is 1.79. The molecule has 2 aromatic rings. The van der Waals surface area contributed by atoms with Gasteiger partial charge in [-0.05, 0) is 56.2 Å². The molecule has 0 saturated carbocycles. The predicted molar refractivity (Wildman–Crippen MR) is 110 cm³/mol. The first-order valence-electron chi connectivity index (χ1n) is 8.88. The minimum atomic E-state index is -3.90. The Bertz CT molecular complexity index is 896. The summed E-state index contributed by atoms with van der Waals surface area (Å²) < 4.78 is 27.7. The van der Waals surface area contributed by atoms with Gasteiger partial charge < -0.3 is 5.32 Å². The number of nitrogens with zero attached hydrogens (tertiary/aromatic N) is 1. The molecule has 0 unspecified atom stereocenters. The number of anilines is 1. The van der Waals surface area contributed by atoms with Gasteiger partial charge in [0.1, 0.15) is 6.54 Å². The van der Waals surface area contributed by atoms with Gasteiger partial charge in [-0.1, -0.05) is 42.6 Å². The molecule has 27 heavy (non-hydrogen) atoms. The fraction of sp³-hybridized carbons (Fsp3) is 0.350. The van der Waals surface area contributed by atoms with Crippen molar-refractivity contribution in [2.24, 2.45) is 0 Å². The zero-order chi connectivity index (χ0) is 20.0. The minimum Gasteiger partial charge on any atom is -0.355 e. The zero-order valence-electron chi connectivity index (χ0n) is 15.8. The van der Waals surface area contributed by atoms with E-state index in [1.54, 1.807) is 49.4 Å². The average molecular weight is 409 g/mol. The molecule has 1 amide bonds. The molecule has 0 aliphatic heterocycles. The van der Waals surface area contributed by atoms with Crippen molar-refractivity contribution in [3.63, 3.8) is 0 Å². The number of sulfonamides is 1. The molecule has 0 atom stereocenters. The number of hydrogen-bond acceptors (Lipinski definition) is 3. The largest absolute Gasteiger partial charge is 0.355 e. The number of amides is 1. The van der Waals surface area contributed by atoms with Crippen LogP contribution in [0.3, 0.4) is 0 Å². The second-order valence-electron chi connectivity index (χ2n) is 6.46. The first-order chi connectivity index (χ1) is 12.8. The lowest BCUT2D eigenvalue weighted by atomic mass is 10.2. The third kappa shape index (κ3) is 5.47. The van der Waals surface area contributed by atoms with Gasteiger partial charge in [-0.15, -0.1) is 0 Å². The Hall–Kier alpha value is -2.05. The number of benzene rings is 2. The van der Waals surface area contributed by atoms with Crippen molar-refractivity contribution in [1.29, 1.82) is 0 Å². The quantitative estimate of drug-likeness (QED) is 0.669. The molecule has 0 heterocycles. The third-order valence-corrected chi connectivity index (χ3v) is 6.19. The van der Waals surface area contributed by atoms with Crippen molar-refractivity contribution < 1.29 is 13.2 Å². The Labute approximate surface area is 166 Å². The molecule has 146 valence electrons. The Morgan fingerprint density at radius 3 is 2.37 bits per heavy atom. The molecule has 0 aliphatic rings. The third-order valence-electron chi connectivity index (χ3n) is 4.18. The smallest absolute Gasteiger partial charge is 0.264 e. The number of carbonyl (C=O) groups excluding carboxylic acids is 1. The van der Waals surface area contributed by atoms with E-state index in [9.17, 15) is 13.2 Å². The molecule has 5 nitrogen and oxygen atoms in total. The molecule has 0 bridgehead atoms. The molecule has 2 rings (SSSR count). The maximum Gasteiger partial charge on any atom is 0.264 e. The fourth-order valence-corrected chi connectivity index (χ4v) is 4.34. The Morgan fingerprint density at radius 2 is 1.78 bits per heavy atom. The van der Waals surface area contributed by atoms with E-state index in [0.717, 1.165) is 22.7 Å². The van der Waals surface area contributed by atoms with Gasteiger partial charge in [-0.25, -0.2) is 8.42 Å². The van der Waals surface area contributed by atoms with Gasteiger partial charge in [-0.2, -0.15) is 0 Å². The monoisotopic (exact) mass is 408 g/mol. The van der Waals surface area contributed by atoms with Crippen LogP contribution < -0.4 is 9.62 Å². The number of nitrogens with one attached hydrogen (secondary N) is 1. The number of halogens is 1. The van der Waals surface area contributed by atoms with Crippen LogP contribution in [0.1, 0.15) is 30.9 Å². The summed E-state index contributed by atoms with van der Waals surface area (Å²) in [5, 5.41) is 3.29. The molecule has 0 fully saturated rings. The molecule has 0 aromatic heterocycles. The fourth-order valence-electron chi connectivity index (χ4n) is 2.63. The van der Waals surface area contributed by atoms with Crippen molar-refractivity contribution in [2.75, 3.05) is 17.4 Å². The van der Waals surface area contributed by atoms with Crippen LogP contribution in [0.15, 0.2) is 47.4 Å². The number of hydrogen-bond donors (Lipinski definition) is 1. The molecule has 2 aromatic carbocycles. The maximum absolute atomic E-state index is 13.3. The highest BCUT2D eigenvalue weighted by Gasteiger charge is 2.28. The summed E-state index contributed by atoms with van der Waals surface area (Å²) in [4.78, 5) is 12.5. The first kappa shape index (κ1) is 21.3. The predicted octanol–water partition coefficient (Wildman–Crippen LogP) is 4.07. The van der Waals surface area contributed by atoms with Crippen molar-refractivity contribution in [3.05, 3.63) is 58.6 Å². The zero-order valence-corrected chi connectivity index (χ0v) is 17.4.